The summed E-state index contributed by atoms with van der Waals surface area (Å²) >= 11 is 0. The van der Waals surface area contributed by atoms with Gasteiger partial charge in [-0.2, -0.15) is 0 Å². The number of fused-ring (bicyclic) bond motifs is 1. The summed E-state index contributed by atoms with van der Waals surface area (Å²) in [6.45, 7) is 3.97. The van der Waals surface area contributed by atoms with Crippen molar-refractivity contribution in [2.24, 2.45) is 0 Å². The summed E-state index contributed by atoms with van der Waals surface area (Å²) in [7, 11) is -2.04. The van der Waals surface area contributed by atoms with Crippen LogP contribution >= 0.6 is 10.7 Å². The Hall–Kier alpha value is -2.61. The summed E-state index contributed by atoms with van der Waals surface area (Å²) < 4.78 is 47.9. The molecule has 156 valence electrons. The lowest BCUT2D eigenvalue weighted by Gasteiger charge is -2.08. The Morgan fingerprint density at radius 2 is 1.27 bits per heavy atom. The molecule has 0 saturated heterocycles. The Bertz CT molecular complexity index is 1380. The van der Waals surface area contributed by atoms with Gasteiger partial charge in [-0.05, 0) is 61.4 Å². The van der Waals surface area contributed by atoms with Gasteiger partial charge in [-0.1, -0.05) is 42.5 Å². The fourth-order valence-electron chi connectivity index (χ4n) is 3.08. The molecule has 1 heterocycles. The molecule has 0 aliphatic carbocycles. The predicted molar refractivity (Wildman–Crippen MR) is 120 cm³/mol. The maximum atomic E-state index is 12.7. The van der Waals surface area contributed by atoms with Gasteiger partial charge in [-0.25, -0.2) is 20.8 Å². The maximum absolute atomic E-state index is 12.7. The lowest BCUT2D eigenvalue weighted by atomic mass is 10.1. The van der Waals surface area contributed by atoms with E-state index in [1.165, 1.54) is 16.1 Å². The molecule has 0 bridgehead atoms. The van der Waals surface area contributed by atoms with Crippen molar-refractivity contribution in [1.29, 1.82) is 0 Å². The van der Waals surface area contributed by atoms with Gasteiger partial charge in [-0.15, -0.1) is 0 Å². The van der Waals surface area contributed by atoms with Crippen LogP contribution in [0.3, 0.4) is 0 Å². The highest BCUT2D eigenvalue weighted by atomic mass is 35.7. The second kappa shape index (κ2) is 8.63. The maximum Gasteiger partial charge on any atom is 0.268 e. The smallest absolute Gasteiger partial charge is 0.241 e. The fourth-order valence-corrected chi connectivity index (χ4v) is 5.23. The van der Waals surface area contributed by atoms with Gasteiger partial charge in [0.15, 0.2) is 0 Å². The Kier molecular flexibility index (Phi) is 6.36. The molecule has 0 fully saturated rings. The summed E-state index contributed by atoms with van der Waals surface area (Å²) in [5.41, 5.74) is 2.87. The zero-order chi connectivity index (χ0) is 21.9. The van der Waals surface area contributed by atoms with Crippen LogP contribution in [-0.4, -0.2) is 20.8 Å². The minimum atomic E-state index is -3.54. The quantitative estimate of drug-likeness (QED) is 0.397. The van der Waals surface area contributed by atoms with Crippen LogP contribution in [0.15, 0.2) is 94.9 Å². The molecule has 0 radical (unpaired) electrons. The number of halogens is 1. The highest BCUT2D eigenvalue weighted by molar-refractivity contribution is 8.13. The van der Waals surface area contributed by atoms with Crippen LogP contribution in [0.5, 0.6) is 0 Å². The molecule has 8 heteroatoms. The van der Waals surface area contributed by atoms with Crippen molar-refractivity contribution in [3.8, 4) is 0 Å². The van der Waals surface area contributed by atoms with Crippen LogP contribution in [0.4, 0.5) is 0 Å². The summed E-state index contributed by atoms with van der Waals surface area (Å²) in [5.74, 6) is 0. The number of hydrogen-bond acceptors (Lipinski definition) is 4. The third kappa shape index (κ3) is 4.75. The van der Waals surface area contributed by atoms with Gasteiger partial charge in [0, 0.05) is 22.3 Å². The molecule has 0 saturated carbocycles. The van der Waals surface area contributed by atoms with E-state index in [-0.39, 0.29) is 4.90 Å². The van der Waals surface area contributed by atoms with E-state index in [0.717, 1.165) is 22.0 Å². The normalized spacial score (nSPS) is 11.7. The highest BCUT2D eigenvalue weighted by Gasteiger charge is 2.19. The molecule has 0 atom stereocenters. The number of aromatic nitrogens is 1. The van der Waals surface area contributed by atoms with E-state index in [4.69, 9.17) is 10.7 Å². The van der Waals surface area contributed by atoms with Crippen molar-refractivity contribution < 1.29 is 16.8 Å². The van der Waals surface area contributed by atoms with E-state index < -0.39 is 19.1 Å². The summed E-state index contributed by atoms with van der Waals surface area (Å²) in [4.78, 5) is 0.438. The molecular formula is C22H20ClNO4S2. The predicted octanol–water partition coefficient (Wildman–Crippen LogP) is 5.11. The lowest BCUT2D eigenvalue weighted by Crippen LogP contribution is -2.11. The van der Waals surface area contributed by atoms with Gasteiger partial charge < -0.3 is 0 Å². The molecule has 0 N–H and O–H groups in total. The molecular weight excluding hydrogens is 442 g/mol. The summed E-state index contributed by atoms with van der Waals surface area (Å²) in [5, 5.41) is 0.968. The van der Waals surface area contributed by atoms with Gasteiger partial charge >= 0.3 is 0 Å². The largest absolute Gasteiger partial charge is 0.268 e. The summed E-state index contributed by atoms with van der Waals surface area (Å²) in [6, 6.07) is 22.2. The first-order valence-corrected chi connectivity index (χ1v) is 12.7. The average Bonchev–Trinajstić information content (AvgIpc) is 3.14. The molecule has 30 heavy (non-hydrogen) atoms. The van der Waals surface area contributed by atoms with Crippen molar-refractivity contribution in [3.63, 3.8) is 0 Å². The van der Waals surface area contributed by atoms with Crippen molar-refractivity contribution in [3.05, 3.63) is 96.2 Å². The molecule has 5 nitrogen and oxygen atoms in total. The van der Waals surface area contributed by atoms with Crippen molar-refractivity contribution >= 4 is 40.7 Å². The second-order valence-electron chi connectivity index (χ2n) is 6.70. The van der Waals surface area contributed by atoms with E-state index in [2.05, 4.69) is 6.07 Å². The van der Waals surface area contributed by atoms with E-state index in [9.17, 15) is 16.8 Å². The second-order valence-corrected chi connectivity index (χ2v) is 11.1. The molecule has 3 aromatic carbocycles. The lowest BCUT2D eigenvalue weighted by molar-refractivity contribution is 0.589. The minimum Gasteiger partial charge on any atom is -0.241 e. The molecule has 0 aliphatic heterocycles. The number of aryl methyl sites for hydroxylation is 2. The number of nitrogens with zero attached hydrogens (tertiary/aromatic N) is 1. The van der Waals surface area contributed by atoms with E-state index in [1.54, 1.807) is 54.7 Å². The molecule has 0 unspecified atom stereocenters. The van der Waals surface area contributed by atoms with Gasteiger partial charge in [0.25, 0.3) is 19.1 Å². The number of benzene rings is 3. The van der Waals surface area contributed by atoms with Crippen LogP contribution in [-0.2, 0) is 19.1 Å². The van der Waals surface area contributed by atoms with Crippen molar-refractivity contribution in [2.45, 2.75) is 23.6 Å². The van der Waals surface area contributed by atoms with E-state index in [1.807, 2.05) is 26.0 Å². The Balaban J connectivity index is 0.000000216. The van der Waals surface area contributed by atoms with Crippen molar-refractivity contribution in [1.82, 2.24) is 3.97 Å². The van der Waals surface area contributed by atoms with Crippen LogP contribution in [0.1, 0.15) is 11.1 Å². The van der Waals surface area contributed by atoms with Crippen LogP contribution in [0.25, 0.3) is 10.9 Å². The number of hydrogen-bond donors (Lipinski definition) is 0. The topological polar surface area (TPSA) is 73.2 Å². The highest BCUT2D eigenvalue weighted by Crippen LogP contribution is 2.25. The standard InChI is InChI=1S/C16H15NO2S.C6H5ClO2S/c1-12-10-13(2)15-8-9-17(16(15)11-12)20(18,19)14-6-4-3-5-7-14;7-10(8,9)6-4-2-1-3-5-6/h3-11H,1-2H3;1-5H. The van der Waals surface area contributed by atoms with Crippen LogP contribution in [0.2, 0.25) is 0 Å². The van der Waals surface area contributed by atoms with Gasteiger partial charge in [0.05, 0.1) is 15.3 Å². The Morgan fingerprint density at radius 3 is 1.77 bits per heavy atom. The Labute approximate surface area is 181 Å². The third-order valence-corrected chi connectivity index (χ3v) is 7.52. The van der Waals surface area contributed by atoms with E-state index >= 15 is 0 Å². The van der Waals surface area contributed by atoms with Gasteiger partial charge in [0.1, 0.15) is 0 Å². The first kappa shape index (κ1) is 22.1. The fraction of sp³-hybridized carbons (Fsp3) is 0.0909. The molecule has 4 aromatic rings. The minimum absolute atomic E-state index is 0.136. The molecule has 1 aromatic heterocycles. The van der Waals surface area contributed by atoms with Gasteiger partial charge in [-0.3, -0.25) is 0 Å². The first-order valence-electron chi connectivity index (χ1n) is 8.99. The molecule has 0 amide bonds. The zero-order valence-corrected chi connectivity index (χ0v) is 18.7. The monoisotopic (exact) mass is 461 g/mol. The van der Waals surface area contributed by atoms with E-state index in [0.29, 0.717) is 4.90 Å². The zero-order valence-electron chi connectivity index (χ0n) is 16.4. The molecule has 0 spiro atoms. The van der Waals surface area contributed by atoms with Crippen molar-refractivity contribution in [2.75, 3.05) is 0 Å². The van der Waals surface area contributed by atoms with Crippen LogP contribution in [0, 0.1) is 13.8 Å². The molecule has 4 rings (SSSR count). The SMILES string of the molecule is Cc1cc(C)c2ccn(S(=O)(=O)c3ccccc3)c2c1.O=S(=O)(Cl)c1ccccc1. The first-order chi connectivity index (χ1) is 14.1. The van der Waals surface area contributed by atoms with Gasteiger partial charge in [0.2, 0.25) is 0 Å². The third-order valence-electron chi connectivity index (χ3n) is 4.45. The van der Waals surface area contributed by atoms with Crippen LogP contribution < -0.4 is 0 Å². The summed E-state index contributed by atoms with van der Waals surface area (Å²) in [6.07, 6.45) is 1.62. The Morgan fingerprint density at radius 1 is 0.733 bits per heavy atom. The molecule has 0 aliphatic rings. The average molecular weight is 462 g/mol. The number of rotatable bonds is 3.